The average molecular weight is 437 g/mol. The largest absolute Gasteiger partial charge is 0.376 e. The lowest BCUT2D eigenvalue weighted by molar-refractivity contribution is 0.113. The Morgan fingerprint density at radius 1 is 1.37 bits per heavy atom. The smallest absolute Gasteiger partial charge is 0.191 e. The second-order valence-electron chi connectivity index (χ2n) is 8.26. The van der Waals surface area contributed by atoms with Gasteiger partial charge in [-0.2, -0.15) is 0 Å². The molecule has 1 aliphatic rings. The number of hydrogen-bond acceptors (Lipinski definition) is 4. The first kappa shape index (κ1) is 22.5. The number of hydrogen-bond donors (Lipinski definition) is 2. The number of halogens is 2. The van der Waals surface area contributed by atoms with Gasteiger partial charge in [0, 0.05) is 37.2 Å². The van der Waals surface area contributed by atoms with Crippen LogP contribution in [-0.4, -0.2) is 46.5 Å². The Labute approximate surface area is 182 Å². The molecule has 2 heterocycles. The van der Waals surface area contributed by atoms with Gasteiger partial charge in [-0.1, -0.05) is 31.5 Å². The minimum atomic E-state index is -0.341. The molecule has 0 radical (unpaired) electrons. The molecule has 1 saturated heterocycles. The summed E-state index contributed by atoms with van der Waals surface area (Å²) in [7, 11) is 1.92. The first-order chi connectivity index (χ1) is 14.3. The van der Waals surface area contributed by atoms with Gasteiger partial charge in [0.15, 0.2) is 11.8 Å². The van der Waals surface area contributed by atoms with Crippen molar-refractivity contribution in [3.63, 3.8) is 0 Å². The van der Waals surface area contributed by atoms with E-state index in [2.05, 4.69) is 39.7 Å². The fourth-order valence-electron chi connectivity index (χ4n) is 3.37. The zero-order valence-electron chi connectivity index (χ0n) is 18.0. The summed E-state index contributed by atoms with van der Waals surface area (Å²) in [4.78, 5) is 4.68. The Morgan fingerprint density at radius 2 is 2.17 bits per heavy atom. The van der Waals surface area contributed by atoms with E-state index < -0.39 is 0 Å². The van der Waals surface area contributed by atoms with E-state index in [1.165, 1.54) is 12.1 Å². The van der Waals surface area contributed by atoms with Crippen LogP contribution in [0.15, 0.2) is 23.2 Å². The van der Waals surface area contributed by atoms with E-state index in [1.54, 1.807) is 6.07 Å². The van der Waals surface area contributed by atoms with Crippen LogP contribution in [0.2, 0.25) is 5.02 Å². The van der Waals surface area contributed by atoms with Crippen LogP contribution in [0, 0.1) is 12.7 Å². The number of aromatic nitrogens is 3. The first-order valence-corrected chi connectivity index (χ1v) is 10.6. The Kier molecular flexibility index (Phi) is 7.31. The summed E-state index contributed by atoms with van der Waals surface area (Å²) < 4.78 is 21.1. The van der Waals surface area contributed by atoms with Gasteiger partial charge in [-0.3, -0.25) is 0 Å². The highest BCUT2D eigenvalue weighted by Crippen LogP contribution is 2.29. The lowest BCUT2D eigenvalue weighted by Gasteiger charge is -2.28. The number of ether oxygens (including phenoxy) is 1. The molecule has 3 rings (SSSR count). The van der Waals surface area contributed by atoms with Crippen molar-refractivity contribution in [2.45, 2.75) is 51.7 Å². The van der Waals surface area contributed by atoms with E-state index >= 15 is 0 Å². The highest BCUT2D eigenvalue weighted by atomic mass is 35.5. The van der Waals surface area contributed by atoms with E-state index in [4.69, 9.17) is 16.3 Å². The van der Waals surface area contributed by atoms with Crippen molar-refractivity contribution in [2.75, 3.05) is 19.7 Å². The van der Waals surface area contributed by atoms with Crippen LogP contribution in [0.4, 0.5) is 4.39 Å². The summed E-state index contributed by atoms with van der Waals surface area (Å²) >= 11 is 6.29. The van der Waals surface area contributed by atoms with Gasteiger partial charge in [0.2, 0.25) is 0 Å². The number of guanidine groups is 1. The molecule has 1 aliphatic heterocycles. The zero-order valence-corrected chi connectivity index (χ0v) is 18.8. The molecular weight excluding hydrogens is 407 g/mol. The van der Waals surface area contributed by atoms with Crippen LogP contribution in [0.5, 0.6) is 0 Å². The number of nitrogens with one attached hydrogen (secondary N) is 2. The molecule has 1 atom stereocenters. The lowest BCUT2D eigenvalue weighted by Crippen LogP contribution is -2.45. The van der Waals surface area contributed by atoms with Gasteiger partial charge in [0.25, 0.3) is 0 Å². The van der Waals surface area contributed by atoms with Gasteiger partial charge in [-0.25, -0.2) is 9.38 Å². The molecule has 0 saturated carbocycles. The minimum absolute atomic E-state index is 0.189. The Morgan fingerprint density at radius 3 is 2.80 bits per heavy atom. The summed E-state index contributed by atoms with van der Waals surface area (Å²) in [6.45, 7) is 8.47. The van der Waals surface area contributed by atoms with Crippen LogP contribution in [0.25, 0.3) is 0 Å². The van der Waals surface area contributed by atoms with Gasteiger partial charge in [0.05, 0.1) is 6.10 Å². The second-order valence-corrected chi connectivity index (χ2v) is 8.67. The van der Waals surface area contributed by atoms with E-state index in [0.717, 1.165) is 36.7 Å². The van der Waals surface area contributed by atoms with E-state index in [9.17, 15) is 4.39 Å². The molecule has 7 nitrogen and oxygen atoms in total. The monoisotopic (exact) mass is 436 g/mol. The van der Waals surface area contributed by atoms with E-state index in [0.29, 0.717) is 30.6 Å². The first-order valence-electron chi connectivity index (χ1n) is 10.2. The zero-order chi connectivity index (χ0) is 21.7. The van der Waals surface area contributed by atoms with E-state index in [1.807, 2.05) is 18.5 Å². The predicted octanol–water partition coefficient (Wildman–Crippen LogP) is 3.11. The summed E-state index contributed by atoms with van der Waals surface area (Å²) in [6, 6.07) is 4.52. The van der Waals surface area contributed by atoms with E-state index in [-0.39, 0.29) is 17.3 Å². The quantitative estimate of drug-likeness (QED) is 0.515. The van der Waals surface area contributed by atoms with Crippen LogP contribution in [0.1, 0.15) is 43.9 Å². The number of rotatable bonds is 7. The minimum Gasteiger partial charge on any atom is -0.376 e. The summed E-state index contributed by atoms with van der Waals surface area (Å²) in [6.07, 6.45) is 2.31. The Hall–Kier alpha value is -2.19. The number of aryl methyl sites for hydroxylation is 1. The molecule has 0 bridgehead atoms. The molecule has 0 aliphatic carbocycles. The molecular formula is C21H30ClFN6O. The average Bonchev–Trinajstić information content (AvgIpc) is 3.32. The van der Waals surface area contributed by atoms with Crippen LogP contribution < -0.4 is 10.6 Å². The maximum atomic E-state index is 13.4. The molecule has 2 N–H and O–H groups in total. The fourth-order valence-corrected chi connectivity index (χ4v) is 3.79. The normalized spacial score (nSPS) is 17.4. The van der Waals surface area contributed by atoms with Crippen molar-refractivity contribution < 1.29 is 9.13 Å². The van der Waals surface area contributed by atoms with Crippen molar-refractivity contribution in [2.24, 2.45) is 12.0 Å². The third kappa shape index (κ3) is 5.70. The van der Waals surface area contributed by atoms with Crippen LogP contribution in [-0.2, 0) is 23.7 Å². The summed E-state index contributed by atoms with van der Waals surface area (Å²) in [5.74, 6) is 1.95. The van der Waals surface area contributed by atoms with Crippen LogP contribution in [0.3, 0.4) is 0 Å². The Bertz CT molecular complexity index is 892. The number of benzene rings is 1. The molecule has 30 heavy (non-hydrogen) atoms. The van der Waals surface area contributed by atoms with Crippen molar-refractivity contribution in [1.29, 1.82) is 0 Å². The standard InChI is InChI=1S/C21H30ClFN6O/c1-14-27-28-19(29(14)4)12-25-20(24-11-16-6-5-9-30-16)26-13-21(2,3)17-8-7-15(23)10-18(17)22/h7-8,10,16H,5-6,9,11-13H2,1-4H3,(H2,24,25,26). The van der Waals surface area contributed by atoms with Crippen molar-refractivity contribution in [3.05, 3.63) is 46.3 Å². The maximum absolute atomic E-state index is 13.4. The summed E-state index contributed by atoms with van der Waals surface area (Å²) in [5.41, 5.74) is 0.541. The molecule has 0 spiro atoms. The molecule has 1 fully saturated rings. The van der Waals surface area contributed by atoms with Crippen molar-refractivity contribution in [3.8, 4) is 0 Å². The number of nitrogens with zero attached hydrogens (tertiary/aromatic N) is 4. The number of aliphatic imine (C=N–C) groups is 1. The molecule has 0 amide bonds. The predicted molar refractivity (Wildman–Crippen MR) is 116 cm³/mol. The van der Waals surface area contributed by atoms with Gasteiger partial charge in [-0.05, 0) is 37.5 Å². The van der Waals surface area contributed by atoms with Gasteiger partial charge >= 0.3 is 0 Å². The lowest BCUT2D eigenvalue weighted by atomic mass is 9.84. The molecule has 1 aromatic carbocycles. The van der Waals surface area contributed by atoms with Gasteiger partial charge in [0.1, 0.15) is 18.2 Å². The topological polar surface area (TPSA) is 76.4 Å². The van der Waals surface area contributed by atoms with Crippen LogP contribution >= 0.6 is 11.6 Å². The van der Waals surface area contributed by atoms with Gasteiger partial charge < -0.3 is 19.9 Å². The molecule has 1 aromatic heterocycles. The third-order valence-electron chi connectivity index (χ3n) is 5.44. The molecule has 1 unspecified atom stereocenters. The Balaban J connectivity index is 1.70. The summed E-state index contributed by atoms with van der Waals surface area (Å²) in [5, 5.41) is 15.4. The highest BCUT2D eigenvalue weighted by Gasteiger charge is 2.24. The second kappa shape index (κ2) is 9.75. The molecule has 2 aromatic rings. The highest BCUT2D eigenvalue weighted by molar-refractivity contribution is 6.31. The maximum Gasteiger partial charge on any atom is 0.191 e. The van der Waals surface area contributed by atoms with Crippen molar-refractivity contribution in [1.82, 2.24) is 25.4 Å². The van der Waals surface area contributed by atoms with Gasteiger partial charge in [-0.15, -0.1) is 10.2 Å². The molecule has 9 heteroatoms. The third-order valence-corrected chi connectivity index (χ3v) is 5.75. The molecule has 164 valence electrons. The fraction of sp³-hybridized carbons (Fsp3) is 0.571. The van der Waals surface area contributed by atoms with Crippen molar-refractivity contribution >= 4 is 17.6 Å². The SMILES string of the molecule is Cc1nnc(CN=C(NCC2CCCO2)NCC(C)(C)c2ccc(F)cc2Cl)n1C.